The molecule has 1 rings (SSSR count). The predicted octanol–water partition coefficient (Wildman–Crippen LogP) is 2.24. The van der Waals surface area contributed by atoms with E-state index in [0.717, 1.165) is 0 Å². The Bertz CT molecular complexity index is 523. The molecule has 6 heteroatoms. The van der Waals surface area contributed by atoms with Gasteiger partial charge in [0.05, 0.1) is 14.2 Å². The molecule has 0 saturated heterocycles. The largest absolute Gasteiger partial charge is 0.496 e. The van der Waals surface area contributed by atoms with E-state index in [-0.39, 0.29) is 11.5 Å². The van der Waals surface area contributed by atoms with E-state index in [1.807, 2.05) is 6.92 Å². The second-order valence-corrected chi connectivity index (χ2v) is 4.65. The lowest BCUT2D eigenvalue weighted by Crippen LogP contribution is -2.41. The first-order chi connectivity index (χ1) is 9.91. The maximum Gasteiger partial charge on any atom is 0.341 e. The van der Waals surface area contributed by atoms with Crippen molar-refractivity contribution >= 4 is 17.6 Å². The number of amides is 1. The molecule has 0 aromatic heterocycles. The van der Waals surface area contributed by atoms with Crippen molar-refractivity contribution in [3.05, 3.63) is 23.8 Å². The van der Waals surface area contributed by atoms with Crippen molar-refractivity contribution < 1.29 is 23.8 Å². The number of nitrogens with one attached hydrogen (secondary N) is 1. The van der Waals surface area contributed by atoms with Gasteiger partial charge >= 0.3 is 5.97 Å². The Balaban J connectivity index is 3.05. The standard InChI is InChI=1S/C15H21NO5/c1-6-15(2,21-5)14(18)16-10-7-8-12(19-3)11(9-10)13(17)20-4/h7-9H,6H2,1-5H3,(H,16,18). The Labute approximate surface area is 124 Å². The lowest BCUT2D eigenvalue weighted by atomic mass is 10.0. The Kier molecular flexibility index (Phi) is 5.72. The first-order valence-electron chi connectivity index (χ1n) is 6.54. The quantitative estimate of drug-likeness (QED) is 0.815. The third kappa shape index (κ3) is 3.72. The first kappa shape index (κ1) is 17.0. The van der Waals surface area contributed by atoms with Crippen LogP contribution in [0.3, 0.4) is 0 Å². The summed E-state index contributed by atoms with van der Waals surface area (Å²) in [5.74, 6) is -0.439. The fourth-order valence-corrected chi connectivity index (χ4v) is 1.72. The van der Waals surface area contributed by atoms with Gasteiger partial charge in [0.15, 0.2) is 0 Å². The van der Waals surface area contributed by atoms with Crippen molar-refractivity contribution in [2.24, 2.45) is 0 Å². The highest BCUT2D eigenvalue weighted by atomic mass is 16.5. The summed E-state index contributed by atoms with van der Waals surface area (Å²) in [7, 11) is 4.22. The Morgan fingerprint density at radius 2 is 1.90 bits per heavy atom. The summed E-state index contributed by atoms with van der Waals surface area (Å²) in [6.07, 6.45) is 0.523. The highest BCUT2D eigenvalue weighted by molar-refractivity contribution is 5.99. The lowest BCUT2D eigenvalue weighted by molar-refractivity contribution is -0.136. The maximum absolute atomic E-state index is 12.2. The van der Waals surface area contributed by atoms with Crippen LogP contribution in [0.2, 0.25) is 0 Å². The summed E-state index contributed by atoms with van der Waals surface area (Å²) in [5, 5.41) is 2.73. The molecule has 6 nitrogen and oxygen atoms in total. The predicted molar refractivity (Wildman–Crippen MR) is 78.7 cm³/mol. The van der Waals surface area contributed by atoms with Crippen molar-refractivity contribution in [1.29, 1.82) is 0 Å². The van der Waals surface area contributed by atoms with E-state index in [0.29, 0.717) is 17.9 Å². The van der Waals surface area contributed by atoms with Crippen LogP contribution in [-0.2, 0) is 14.3 Å². The fraction of sp³-hybridized carbons (Fsp3) is 0.467. The molecule has 0 saturated carbocycles. The van der Waals surface area contributed by atoms with Gasteiger partial charge < -0.3 is 19.5 Å². The number of anilines is 1. The van der Waals surface area contributed by atoms with Crippen LogP contribution in [0, 0.1) is 0 Å². The molecule has 0 aliphatic rings. The topological polar surface area (TPSA) is 73.9 Å². The Morgan fingerprint density at radius 3 is 2.38 bits per heavy atom. The van der Waals surface area contributed by atoms with E-state index >= 15 is 0 Å². The van der Waals surface area contributed by atoms with Gasteiger partial charge in [-0.3, -0.25) is 4.79 Å². The van der Waals surface area contributed by atoms with Crippen LogP contribution < -0.4 is 10.1 Å². The smallest absolute Gasteiger partial charge is 0.341 e. The van der Waals surface area contributed by atoms with Gasteiger partial charge in [-0.1, -0.05) is 6.92 Å². The molecule has 1 unspecified atom stereocenters. The summed E-state index contributed by atoms with van der Waals surface area (Å²) in [5.41, 5.74) is -0.211. The zero-order valence-electron chi connectivity index (χ0n) is 13.0. The number of rotatable bonds is 6. The number of carbonyl (C=O) groups is 2. The van der Waals surface area contributed by atoms with Crippen LogP contribution in [0.4, 0.5) is 5.69 Å². The summed E-state index contributed by atoms with van der Waals surface area (Å²) >= 11 is 0. The lowest BCUT2D eigenvalue weighted by Gasteiger charge is -2.25. The van der Waals surface area contributed by atoms with Crippen LogP contribution >= 0.6 is 0 Å². The monoisotopic (exact) mass is 295 g/mol. The normalized spacial score (nSPS) is 13.2. The van der Waals surface area contributed by atoms with E-state index in [2.05, 4.69) is 5.32 Å². The van der Waals surface area contributed by atoms with Crippen molar-refractivity contribution in [2.75, 3.05) is 26.6 Å². The van der Waals surface area contributed by atoms with Crippen molar-refractivity contribution in [1.82, 2.24) is 0 Å². The van der Waals surface area contributed by atoms with Crippen LogP contribution in [0.15, 0.2) is 18.2 Å². The molecule has 1 N–H and O–H groups in total. The molecule has 21 heavy (non-hydrogen) atoms. The molecule has 1 atom stereocenters. The van der Waals surface area contributed by atoms with Crippen molar-refractivity contribution in [3.8, 4) is 5.75 Å². The van der Waals surface area contributed by atoms with Crippen LogP contribution in [-0.4, -0.2) is 38.8 Å². The Morgan fingerprint density at radius 1 is 1.24 bits per heavy atom. The third-order valence-electron chi connectivity index (χ3n) is 3.47. The second kappa shape index (κ2) is 7.08. The number of methoxy groups -OCH3 is 3. The summed E-state index contributed by atoms with van der Waals surface area (Å²) in [6, 6.07) is 4.75. The van der Waals surface area contributed by atoms with E-state index in [4.69, 9.17) is 14.2 Å². The van der Waals surface area contributed by atoms with Gasteiger partial charge in [0.1, 0.15) is 16.9 Å². The van der Waals surface area contributed by atoms with Gasteiger partial charge in [0.25, 0.3) is 5.91 Å². The summed E-state index contributed by atoms with van der Waals surface area (Å²) < 4.78 is 15.0. The summed E-state index contributed by atoms with van der Waals surface area (Å²) in [6.45, 7) is 3.56. The number of hydrogen-bond acceptors (Lipinski definition) is 5. The molecule has 1 aromatic rings. The minimum atomic E-state index is -0.925. The average molecular weight is 295 g/mol. The molecule has 0 heterocycles. The van der Waals surface area contributed by atoms with E-state index in [1.165, 1.54) is 27.4 Å². The zero-order valence-corrected chi connectivity index (χ0v) is 13.0. The highest BCUT2D eigenvalue weighted by Gasteiger charge is 2.31. The van der Waals surface area contributed by atoms with Gasteiger partial charge in [0, 0.05) is 12.8 Å². The molecule has 116 valence electrons. The molecule has 0 aliphatic carbocycles. The SMILES string of the molecule is CCC(C)(OC)C(=O)Nc1ccc(OC)c(C(=O)OC)c1. The van der Waals surface area contributed by atoms with Crippen molar-refractivity contribution in [3.63, 3.8) is 0 Å². The highest BCUT2D eigenvalue weighted by Crippen LogP contribution is 2.25. The van der Waals surface area contributed by atoms with E-state index in [1.54, 1.807) is 19.1 Å². The Hall–Kier alpha value is -2.08. The number of ether oxygens (including phenoxy) is 3. The number of esters is 1. The van der Waals surface area contributed by atoms with Gasteiger partial charge in [-0.2, -0.15) is 0 Å². The number of benzene rings is 1. The van der Waals surface area contributed by atoms with Crippen LogP contribution in [0.1, 0.15) is 30.6 Å². The molecule has 1 amide bonds. The van der Waals surface area contributed by atoms with Gasteiger partial charge in [-0.25, -0.2) is 4.79 Å². The van der Waals surface area contributed by atoms with Crippen molar-refractivity contribution in [2.45, 2.75) is 25.9 Å². The molecule has 0 spiro atoms. The average Bonchev–Trinajstić information content (AvgIpc) is 2.52. The maximum atomic E-state index is 12.2. The van der Waals surface area contributed by atoms with Gasteiger partial charge in [-0.15, -0.1) is 0 Å². The number of carbonyl (C=O) groups excluding carboxylic acids is 2. The minimum Gasteiger partial charge on any atom is -0.496 e. The summed E-state index contributed by atoms with van der Waals surface area (Å²) in [4.78, 5) is 23.9. The van der Waals surface area contributed by atoms with Gasteiger partial charge in [0.2, 0.25) is 0 Å². The first-order valence-corrected chi connectivity index (χ1v) is 6.54. The third-order valence-corrected chi connectivity index (χ3v) is 3.47. The molecule has 1 aromatic carbocycles. The molecular weight excluding hydrogens is 274 g/mol. The van der Waals surface area contributed by atoms with Crippen LogP contribution in [0.25, 0.3) is 0 Å². The zero-order chi connectivity index (χ0) is 16.0. The fourth-order valence-electron chi connectivity index (χ4n) is 1.72. The van der Waals surface area contributed by atoms with E-state index in [9.17, 15) is 9.59 Å². The second-order valence-electron chi connectivity index (χ2n) is 4.65. The molecule has 0 bridgehead atoms. The van der Waals surface area contributed by atoms with Crippen LogP contribution in [0.5, 0.6) is 5.75 Å². The molecular formula is C15H21NO5. The molecule has 0 fully saturated rings. The number of hydrogen-bond donors (Lipinski definition) is 1. The molecule has 0 radical (unpaired) electrons. The van der Waals surface area contributed by atoms with Gasteiger partial charge in [-0.05, 0) is 31.5 Å². The minimum absolute atomic E-state index is 0.244. The molecule has 0 aliphatic heterocycles. The van der Waals surface area contributed by atoms with E-state index < -0.39 is 11.6 Å².